The van der Waals surface area contributed by atoms with Crippen LogP contribution in [0.5, 0.6) is 0 Å². The van der Waals surface area contributed by atoms with Crippen molar-refractivity contribution in [1.29, 1.82) is 5.26 Å². The van der Waals surface area contributed by atoms with Gasteiger partial charge in [-0.2, -0.15) is 5.26 Å². The van der Waals surface area contributed by atoms with Gasteiger partial charge in [0.2, 0.25) is 0 Å². The fourth-order valence-corrected chi connectivity index (χ4v) is 3.52. The minimum atomic E-state index is -0.664. The maximum Gasteiger partial charge on any atom is 0.252 e. The van der Waals surface area contributed by atoms with E-state index in [9.17, 15) is 10.1 Å². The van der Waals surface area contributed by atoms with Gasteiger partial charge >= 0.3 is 0 Å². The highest BCUT2D eigenvalue weighted by Crippen LogP contribution is 2.32. The largest absolute Gasteiger partial charge is 0.334 e. The molecular weight excluding hydrogens is 260 g/mol. The van der Waals surface area contributed by atoms with Crippen LogP contribution in [-0.2, 0) is 12.8 Å². The molecule has 110 valence electrons. The fourth-order valence-electron chi connectivity index (χ4n) is 3.52. The van der Waals surface area contributed by atoms with E-state index in [0.717, 1.165) is 38.5 Å². The van der Waals surface area contributed by atoms with Crippen molar-refractivity contribution in [2.24, 2.45) is 5.92 Å². The molecule has 2 aliphatic carbocycles. The van der Waals surface area contributed by atoms with E-state index in [1.54, 1.807) is 0 Å². The lowest BCUT2D eigenvalue weighted by atomic mass is 9.78. The van der Waals surface area contributed by atoms with E-state index in [-0.39, 0.29) is 5.91 Å². The molecule has 1 aromatic carbocycles. The standard InChI is InChI=1S/C18H22N2O/c1-13-7-9-18(12-19,10-8-13)20-17(21)16-6-5-14-3-2-4-15(14)11-16/h5-6,11,13H,2-4,7-10H2,1H3,(H,20,21). The van der Waals surface area contributed by atoms with Crippen LogP contribution in [0, 0.1) is 17.2 Å². The number of nitrogens with zero attached hydrogens (tertiary/aromatic N) is 1. The van der Waals surface area contributed by atoms with Gasteiger partial charge in [-0.05, 0) is 74.1 Å². The summed E-state index contributed by atoms with van der Waals surface area (Å²) in [5, 5.41) is 12.5. The van der Waals surface area contributed by atoms with E-state index < -0.39 is 5.54 Å². The number of carbonyl (C=O) groups excluding carboxylic acids is 1. The van der Waals surface area contributed by atoms with Gasteiger partial charge in [0.15, 0.2) is 0 Å². The van der Waals surface area contributed by atoms with Crippen LogP contribution in [0.2, 0.25) is 0 Å². The number of aryl methyl sites for hydroxylation is 2. The number of rotatable bonds is 2. The quantitative estimate of drug-likeness (QED) is 0.904. The van der Waals surface area contributed by atoms with Gasteiger partial charge < -0.3 is 5.32 Å². The second kappa shape index (κ2) is 5.52. The average molecular weight is 282 g/mol. The molecule has 0 radical (unpaired) electrons. The molecule has 21 heavy (non-hydrogen) atoms. The maximum atomic E-state index is 12.5. The summed E-state index contributed by atoms with van der Waals surface area (Å²) in [6.45, 7) is 2.21. The summed E-state index contributed by atoms with van der Waals surface area (Å²) in [5.41, 5.74) is 2.70. The van der Waals surface area contributed by atoms with Gasteiger partial charge in [0.05, 0.1) is 6.07 Å². The zero-order valence-electron chi connectivity index (χ0n) is 12.6. The van der Waals surface area contributed by atoms with E-state index in [2.05, 4.69) is 24.4 Å². The molecule has 0 spiro atoms. The van der Waals surface area contributed by atoms with E-state index in [4.69, 9.17) is 0 Å². The molecule has 2 aliphatic rings. The van der Waals surface area contributed by atoms with Gasteiger partial charge in [0.1, 0.15) is 5.54 Å². The van der Waals surface area contributed by atoms with Crippen molar-refractivity contribution in [3.63, 3.8) is 0 Å². The predicted octanol–water partition coefficient (Wildman–Crippen LogP) is 3.38. The Labute approximate surface area is 126 Å². The Bertz CT molecular complexity index is 592. The Hall–Kier alpha value is -1.82. The molecule has 0 aliphatic heterocycles. The van der Waals surface area contributed by atoms with E-state index in [1.807, 2.05) is 12.1 Å². The molecule has 1 aromatic rings. The number of fused-ring (bicyclic) bond motifs is 1. The Morgan fingerprint density at radius 1 is 1.29 bits per heavy atom. The molecule has 0 heterocycles. The van der Waals surface area contributed by atoms with Crippen molar-refractivity contribution in [3.8, 4) is 6.07 Å². The number of hydrogen-bond donors (Lipinski definition) is 1. The molecular formula is C18H22N2O. The van der Waals surface area contributed by atoms with Crippen LogP contribution in [0.1, 0.15) is 60.5 Å². The Morgan fingerprint density at radius 2 is 2.00 bits per heavy atom. The fraction of sp³-hybridized carbons (Fsp3) is 0.556. The van der Waals surface area contributed by atoms with Crippen LogP contribution < -0.4 is 5.32 Å². The highest BCUT2D eigenvalue weighted by atomic mass is 16.1. The highest BCUT2D eigenvalue weighted by molar-refractivity contribution is 5.95. The molecule has 0 bridgehead atoms. The van der Waals surface area contributed by atoms with E-state index in [0.29, 0.717) is 11.5 Å². The molecule has 1 fully saturated rings. The van der Waals surface area contributed by atoms with Crippen molar-refractivity contribution in [1.82, 2.24) is 5.32 Å². The van der Waals surface area contributed by atoms with Crippen molar-refractivity contribution in [2.45, 2.75) is 57.4 Å². The Kier molecular flexibility index (Phi) is 3.71. The number of benzene rings is 1. The Morgan fingerprint density at radius 3 is 2.71 bits per heavy atom. The third kappa shape index (κ3) is 2.81. The molecule has 1 saturated carbocycles. The first-order chi connectivity index (χ1) is 10.1. The molecule has 1 N–H and O–H groups in total. The molecule has 1 amide bonds. The van der Waals surface area contributed by atoms with E-state index >= 15 is 0 Å². The summed E-state index contributed by atoms with van der Waals surface area (Å²) in [5.74, 6) is 0.559. The second-order valence-corrected chi connectivity index (χ2v) is 6.67. The lowest BCUT2D eigenvalue weighted by Crippen LogP contribution is -2.49. The summed E-state index contributed by atoms with van der Waals surface area (Å²) < 4.78 is 0. The zero-order chi connectivity index (χ0) is 14.9. The van der Waals surface area contributed by atoms with Crippen molar-refractivity contribution in [2.75, 3.05) is 0 Å². The maximum absolute atomic E-state index is 12.5. The van der Waals surface area contributed by atoms with Crippen molar-refractivity contribution >= 4 is 5.91 Å². The normalized spacial score (nSPS) is 27.7. The average Bonchev–Trinajstić information content (AvgIpc) is 2.97. The molecule has 3 rings (SSSR count). The molecule has 3 heteroatoms. The van der Waals surface area contributed by atoms with Crippen LogP contribution in [0.4, 0.5) is 0 Å². The lowest BCUT2D eigenvalue weighted by molar-refractivity contribution is 0.0894. The van der Waals surface area contributed by atoms with Crippen LogP contribution >= 0.6 is 0 Å². The molecule has 0 atom stereocenters. The van der Waals surface area contributed by atoms with Gasteiger partial charge in [-0.3, -0.25) is 4.79 Å². The minimum absolute atomic E-state index is 0.0965. The monoisotopic (exact) mass is 282 g/mol. The first kappa shape index (κ1) is 14.1. The number of nitrogens with one attached hydrogen (secondary N) is 1. The summed E-state index contributed by atoms with van der Waals surface area (Å²) in [4.78, 5) is 12.5. The van der Waals surface area contributed by atoms with Gasteiger partial charge in [-0.25, -0.2) is 0 Å². The second-order valence-electron chi connectivity index (χ2n) is 6.67. The topological polar surface area (TPSA) is 52.9 Å². The number of carbonyl (C=O) groups is 1. The lowest BCUT2D eigenvalue weighted by Gasteiger charge is -2.34. The summed E-state index contributed by atoms with van der Waals surface area (Å²) >= 11 is 0. The van der Waals surface area contributed by atoms with Gasteiger partial charge in [0, 0.05) is 5.56 Å². The SMILES string of the molecule is CC1CCC(C#N)(NC(=O)c2ccc3c(c2)CCC3)CC1. The summed E-state index contributed by atoms with van der Waals surface area (Å²) in [6, 6.07) is 8.33. The van der Waals surface area contributed by atoms with Crippen LogP contribution in [-0.4, -0.2) is 11.4 Å². The first-order valence-corrected chi connectivity index (χ1v) is 7.97. The van der Waals surface area contributed by atoms with Crippen molar-refractivity contribution < 1.29 is 4.79 Å². The molecule has 0 aromatic heterocycles. The number of nitriles is 1. The third-order valence-corrected chi connectivity index (χ3v) is 5.06. The van der Waals surface area contributed by atoms with Gasteiger partial charge in [-0.1, -0.05) is 13.0 Å². The predicted molar refractivity (Wildman–Crippen MR) is 81.9 cm³/mol. The Balaban J connectivity index is 1.75. The van der Waals surface area contributed by atoms with E-state index in [1.165, 1.54) is 17.5 Å². The first-order valence-electron chi connectivity index (χ1n) is 7.97. The smallest absolute Gasteiger partial charge is 0.252 e. The van der Waals surface area contributed by atoms with Crippen LogP contribution in [0.15, 0.2) is 18.2 Å². The third-order valence-electron chi connectivity index (χ3n) is 5.06. The van der Waals surface area contributed by atoms with Crippen LogP contribution in [0.25, 0.3) is 0 Å². The minimum Gasteiger partial charge on any atom is -0.334 e. The number of amides is 1. The van der Waals surface area contributed by atoms with Gasteiger partial charge in [-0.15, -0.1) is 0 Å². The summed E-state index contributed by atoms with van der Waals surface area (Å²) in [7, 11) is 0. The molecule has 0 saturated heterocycles. The number of hydrogen-bond acceptors (Lipinski definition) is 2. The van der Waals surface area contributed by atoms with Crippen LogP contribution in [0.3, 0.4) is 0 Å². The van der Waals surface area contributed by atoms with Crippen molar-refractivity contribution in [3.05, 3.63) is 34.9 Å². The van der Waals surface area contributed by atoms with Gasteiger partial charge in [0.25, 0.3) is 5.91 Å². The highest BCUT2D eigenvalue weighted by Gasteiger charge is 2.36. The summed E-state index contributed by atoms with van der Waals surface area (Å²) in [6.07, 6.45) is 6.92. The molecule has 0 unspecified atom stereocenters. The zero-order valence-corrected chi connectivity index (χ0v) is 12.6. The molecule has 3 nitrogen and oxygen atoms in total.